The molecule has 0 bridgehead atoms. The third kappa shape index (κ3) is 2.52. The van der Waals surface area contributed by atoms with Crippen molar-refractivity contribution in [2.75, 3.05) is 4.90 Å². The molecule has 4 rings (SSSR count). The van der Waals surface area contributed by atoms with Crippen molar-refractivity contribution in [3.05, 3.63) is 42.2 Å². The maximum Gasteiger partial charge on any atom is 0.240 e. The summed E-state index contributed by atoms with van der Waals surface area (Å²) in [5, 5.41) is 5.89. The first-order valence-corrected chi connectivity index (χ1v) is 8.88. The fourth-order valence-electron chi connectivity index (χ4n) is 4.13. The Balaban J connectivity index is 1.79. The molecule has 0 spiro atoms. The monoisotopic (exact) mass is 369 g/mol. The smallest absolute Gasteiger partial charge is 0.240 e. The average Bonchev–Trinajstić information content (AvgIpc) is 3.08. The summed E-state index contributed by atoms with van der Waals surface area (Å²) in [6.45, 7) is 5.38. The lowest BCUT2D eigenvalue weighted by Gasteiger charge is -2.33. The number of carbonyl (C=O) groups is 3. The minimum Gasteiger partial charge on any atom is -0.297 e. The number of anilines is 1. The molecule has 2 fully saturated rings. The van der Waals surface area contributed by atoms with Crippen molar-refractivity contribution in [2.24, 2.45) is 22.4 Å². The number of amides is 2. The van der Waals surface area contributed by atoms with Gasteiger partial charge in [-0.25, -0.2) is 9.29 Å². The number of Topliss-reactive ketones (excluding diaryl/α,β-unsaturated/α-hetero) is 1. The van der Waals surface area contributed by atoms with E-state index >= 15 is 0 Å². The summed E-state index contributed by atoms with van der Waals surface area (Å²) >= 11 is 0. The zero-order valence-electron chi connectivity index (χ0n) is 15.3. The van der Waals surface area contributed by atoms with E-state index in [1.54, 1.807) is 44.1 Å². The van der Waals surface area contributed by atoms with Crippen LogP contribution in [-0.2, 0) is 14.4 Å². The van der Waals surface area contributed by atoms with E-state index < -0.39 is 41.1 Å². The highest BCUT2D eigenvalue weighted by atomic mass is 19.1. The molecule has 0 saturated carbocycles. The highest BCUT2D eigenvalue weighted by molar-refractivity contribution is 6.24. The van der Waals surface area contributed by atoms with E-state index in [-0.39, 0.29) is 11.7 Å². The van der Waals surface area contributed by atoms with Gasteiger partial charge >= 0.3 is 0 Å². The summed E-state index contributed by atoms with van der Waals surface area (Å²) in [6, 6.07) is 3.97. The molecule has 0 aliphatic carbocycles. The molecule has 1 aromatic carbocycles. The van der Waals surface area contributed by atoms with Crippen molar-refractivity contribution in [2.45, 2.75) is 32.9 Å². The predicted octanol–water partition coefficient (Wildman–Crippen LogP) is 2.15. The summed E-state index contributed by atoms with van der Waals surface area (Å²) in [5.41, 5.74) is -0.370. The number of halogens is 1. The van der Waals surface area contributed by atoms with Gasteiger partial charge in [0, 0.05) is 11.6 Å². The minimum absolute atomic E-state index is 0.130. The van der Waals surface area contributed by atoms with Gasteiger partial charge in [-0.05, 0) is 30.3 Å². The molecule has 3 aliphatic heterocycles. The Morgan fingerprint density at radius 3 is 2.33 bits per heavy atom. The summed E-state index contributed by atoms with van der Waals surface area (Å²) in [5.74, 6) is -2.88. The van der Waals surface area contributed by atoms with Crippen molar-refractivity contribution in [1.82, 2.24) is 5.01 Å². The molecule has 6 nitrogen and oxygen atoms in total. The van der Waals surface area contributed by atoms with Crippen molar-refractivity contribution >= 4 is 29.5 Å². The molecule has 3 aliphatic rings. The van der Waals surface area contributed by atoms with E-state index in [9.17, 15) is 18.8 Å². The molecule has 0 aromatic heterocycles. The van der Waals surface area contributed by atoms with Crippen LogP contribution in [0.1, 0.15) is 20.8 Å². The molecule has 0 N–H and O–H groups in total. The lowest BCUT2D eigenvalue weighted by Crippen LogP contribution is -2.49. The van der Waals surface area contributed by atoms with Crippen molar-refractivity contribution < 1.29 is 18.8 Å². The van der Waals surface area contributed by atoms with Crippen LogP contribution in [-0.4, -0.2) is 40.9 Å². The zero-order valence-corrected chi connectivity index (χ0v) is 15.3. The lowest BCUT2D eigenvalue weighted by molar-refractivity contribution is -0.136. The molecule has 0 radical (unpaired) electrons. The first-order valence-electron chi connectivity index (χ1n) is 8.88. The quantitative estimate of drug-likeness (QED) is 0.749. The van der Waals surface area contributed by atoms with E-state index in [0.717, 1.165) is 4.90 Å². The first kappa shape index (κ1) is 17.6. The van der Waals surface area contributed by atoms with E-state index in [0.29, 0.717) is 5.69 Å². The Morgan fingerprint density at radius 1 is 1.07 bits per heavy atom. The van der Waals surface area contributed by atoms with Crippen molar-refractivity contribution in [1.29, 1.82) is 0 Å². The third-order valence-corrected chi connectivity index (χ3v) is 5.38. The Morgan fingerprint density at radius 2 is 1.70 bits per heavy atom. The van der Waals surface area contributed by atoms with E-state index in [4.69, 9.17) is 0 Å². The summed E-state index contributed by atoms with van der Waals surface area (Å²) in [7, 11) is 0. The van der Waals surface area contributed by atoms with Crippen LogP contribution in [0.3, 0.4) is 0 Å². The maximum absolute atomic E-state index is 13.3. The molecule has 7 heteroatoms. The number of allylic oxidation sites excluding steroid dienone is 1. The van der Waals surface area contributed by atoms with Crippen molar-refractivity contribution in [3.63, 3.8) is 0 Å². The maximum atomic E-state index is 13.3. The van der Waals surface area contributed by atoms with Crippen molar-refractivity contribution in [3.8, 4) is 0 Å². The predicted molar refractivity (Wildman–Crippen MR) is 97.4 cm³/mol. The molecule has 2 saturated heterocycles. The normalized spacial score (nSPS) is 29.3. The number of imide groups is 1. The number of nitrogens with zero attached hydrogens (tertiary/aromatic N) is 3. The number of hydrogen-bond donors (Lipinski definition) is 0. The summed E-state index contributed by atoms with van der Waals surface area (Å²) < 4.78 is 13.3. The van der Waals surface area contributed by atoms with E-state index in [2.05, 4.69) is 5.10 Å². The van der Waals surface area contributed by atoms with Crippen LogP contribution in [0, 0.1) is 23.1 Å². The van der Waals surface area contributed by atoms with Gasteiger partial charge in [0.25, 0.3) is 0 Å². The highest BCUT2D eigenvalue weighted by Crippen LogP contribution is 2.47. The molecule has 27 heavy (non-hydrogen) atoms. The number of hydrogen-bond acceptors (Lipinski definition) is 5. The van der Waals surface area contributed by atoms with Gasteiger partial charge in [0.2, 0.25) is 11.8 Å². The van der Waals surface area contributed by atoms with Crippen LogP contribution in [0.2, 0.25) is 0 Å². The topological polar surface area (TPSA) is 70.0 Å². The van der Waals surface area contributed by atoms with Gasteiger partial charge < -0.3 is 0 Å². The van der Waals surface area contributed by atoms with Gasteiger partial charge in [-0.1, -0.05) is 26.8 Å². The average molecular weight is 369 g/mol. The van der Waals surface area contributed by atoms with Gasteiger partial charge in [-0.2, -0.15) is 5.10 Å². The molecule has 140 valence electrons. The number of rotatable bonds is 2. The van der Waals surface area contributed by atoms with Crippen LogP contribution in [0.4, 0.5) is 10.1 Å². The van der Waals surface area contributed by atoms with Gasteiger partial charge in [-0.3, -0.25) is 19.4 Å². The molecule has 2 amide bonds. The number of carbonyl (C=O) groups excluding carboxylic acids is 3. The number of fused-ring (bicyclic) bond motifs is 3. The highest BCUT2D eigenvalue weighted by Gasteiger charge is 2.64. The van der Waals surface area contributed by atoms with E-state index in [1.807, 2.05) is 0 Å². The zero-order chi connectivity index (χ0) is 19.5. The molecule has 0 unspecified atom stereocenters. The Bertz CT molecular complexity index is 885. The number of benzene rings is 1. The van der Waals surface area contributed by atoms with Gasteiger partial charge in [-0.15, -0.1) is 0 Å². The van der Waals surface area contributed by atoms with Crippen LogP contribution < -0.4 is 4.90 Å². The molecule has 4 atom stereocenters. The van der Waals surface area contributed by atoms with Crippen LogP contribution in [0.5, 0.6) is 0 Å². The van der Waals surface area contributed by atoms with Crippen LogP contribution in [0.25, 0.3) is 0 Å². The Labute approximate surface area is 156 Å². The summed E-state index contributed by atoms with van der Waals surface area (Å²) in [4.78, 5) is 40.6. The van der Waals surface area contributed by atoms with Gasteiger partial charge in [0.1, 0.15) is 11.9 Å². The number of hydrazone groups is 1. The Kier molecular flexibility index (Phi) is 3.80. The van der Waals surface area contributed by atoms with Crippen LogP contribution in [0.15, 0.2) is 41.5 Å². The lowest BCUT2D eigenvalue weighted by atomic mass is 9.80. The summed E-state index contributed by atoms with van der Waals surface area (Å²) in [6.07, 6.45) is 5.09. The largest absolute Gasteiger partial charge is 0.297 e. The Hall–Kier alpha value is -2.83. The van der Waals surface area contributed by atoms with Gasteiger partial charge in [0.05, 0.1) is 23.6 Å². The van der Waals surface area contributed by atoms with Crippen LogP contribution >= 0.6 is 0 Å². The first-order chi connectivity index (χ1) is 12.7. The molecule has 3 heterocycles. The standard InChI is InChI=1S/C20H20FN3O3/c1-20(2,3)17(25)16-15-14(13-5-4-10-22-24(13)16)18(26)23(19(15)27)12-8-6-11(21)7-9-12/h4-10,13-16H,1-3H3/t13-,14-,15+,16-/m0/s1. The second kappa shape index (κ2) is 5.84. The molecular formula is C20H20FN3O3. The fraction of sp³-hybridized carbons (Fsp3) is 0.400. The SMILES string of the molecule is CC(C)(C)C(=O)[C@@H]1[C@@H]2C(=O)N(c3ccc(F)cc3)C(=O)[C@H]2[C@@H]2C=CC=NN12. The second-order valence-electron chi connectivity index (χ2n) is 8.12. The van der Waals surface area contributed by atoms with Gasteiger partial charge in [0.15, 0.2) is 5.78 Å². The number of ketones is 1. The molecular weight excluding hydrogens is 349 g/mol. The fourth-order valence-corrected chi connectivity index (χ4v) is 4.13. The molecule has 1 aromatic rings. The third-order valence-electron chi connectivity index (χ3n) is 5.38. The minimum atomic E-state index is -0.806. The second-order valence-corrected chi connectivity index (χ2v) is 8.12. The van der Waals surface area contributed by atoms with E-state index in [1.165, 1.54) is 24.3 Å².